The molecule has 39 heavy (non-hydrogen) atoms. The van der Waals surface area contributed by atoms with Gasteiger partial charge in [-0.1, -0.05) is 37.3 Å². The largest absolute Gasteiger partial charge is 0.449 e. The number of hydrogen-bond acceptors (Lipinski definition) is 9. The summed E-state index contributed by atoms with van der Waals surface area (Å²) in [4.78, 5) is 48.5. The minimum absolute atomic E-state index is 0.0461. The third kappa shape index (κ3) is 5.64. The topological polar surface area (TPSA) is 128 Å². The minimum atomic E-state index is -1.08. The van der Waals surface area contributed by atoms with Crippen molar-refractivity contribution in [1.82, 2.24) is 14.9 Å². The summed E-state index contributed by atoms with van der Waals surface area (Å²) in [5.41, 5.74) is 3.94. The van der Waals surface area contributed by atoms with Crippen molar-refractivity contribution >= 4 is 44.9 Å². The summed E-state index contributed by atoms with van der Waals surface area (Å²) in [6.45, 7) is 6.04. The van der Waals surface area contributed by atoms with E-state index in [0.29, 0.717) is 33.9 Å². The number of aromatic nitrogens is 2. The van der Waals surface area contributed by atoms with Crippen molar-refractivity contribution in [3.63, 3.8) is 0 Å². The first-order valence-corrected chi connectivity index (χ1v) is 13.6. The standard InChI is InChI=1S/C28H27N5O5S/c1-3-12-32-13-11-23-21(15-32)25(20-9-4-5-10-22(20)29-23)27(35)38-17(2)26(34)31-28-30-24(16-39-28)18-7-6-8-19(14-18)33(36)37/h4-10,14,16-17H,3,11-13,15H2,1-2H3,(H,30,31,34). The number of carbonyl (C=O) groups excluding carboxylic acids is 2. The van der Waals surface area contributed by atoms with Crippen molar-refractivity contribution in [2.24, 2.45) is 0 Å². The second-order valence-corrected chi connectivity index (χ2v) is 10.2. The average molecular weight is 546 g/mol. The number of esters is 1. The Morgan fingerprint density at radius 2 is 2.03 bits per heavy atom. The molecule has 11 heteroatoms. The van der Waals surface area contributed by atoms with Gasteiger partial charge in [0, 0.05) is 59.2 Å². The SMILES string of the molecule is CCCN1CCc2nc3ccccc3c(C(=O)OC(C)C(=O)Nc3nc(-c4cccc([N+](=O)[O-])c4)cs3)c2C1. The molecule has 0 bridgehead atoms. The molecule has 5 rings (SSSR count). The molecule has 4 aromatic rings. The maximum Gasteiger partial charge on any atom is 0.339 e. The number of anilines is 1. The number of para-hydroxylation sites is 1. The van der Waals surface area contributed by atoms with Crippen LogP contribution in [-0.2, 0) is 22.5 Å². The van der Waals surface area contributed by atoms with E-state index in [4.69, 9.17) is 9.72 Å². The van der Waals surface area contributed by atoms with E-state index in [9.17, 15) is 19.7 Å². The summed E-state index contributed by atoms with van der Waals surface area (Å²) in [5.74, 6) is -1.09. The predicted octanol–water partition coefficient (Wildman–Crippen LogP) is 5.22. The lowest BCUT2D eigenvalue weighted by molar-refractivity contribution is -0.384. The molecule has 1 amide bonds. The number of carbonyl (C=O) groups is 2. The zero-order chi connectivity index (χ0) is 27.5. The van der Waals surface area contributed by atoms with Crippen LogP contribution in [0.15, 0.2) is 53.9 Å². The maximum absolute atomic E-state index is 13.5. The van der Waals surface area contributed by atoms with Gasteiger partial charge in [0.15, 0.2) is 11.2 Å². The number of fused-ring (bicyclic) bond motifs is 2. The van der Waals surface area contributed by atoms with Crippen LogP contribution in [0.3, 0.4) is 0 Å². The normalized spacial score (nSPS) is 14.0. The van der Waals surface area contributed by atoms with Gasteiger partial charge in [-0.2, -0.15) is 0 Å². The number of nitrogens with zero attached hydrogens (tertiary/aromatic N) is 4. The third-order valence-electron chi connectivity index (χ3n) is 6.61. The van der Waals surface area contributed by atoms with Crippen LogP contribution in [0.1, 0.15) is 41.9 Å². The van der Waals surface area contributed by atoms with Gasteiger partial charge in [0.2, 0.25) is 0 Å². The summed E-state index contributed by atoms with van der Waals surface area (Å²) >= 11 is 1.18. The van der Waals surface area contributed by atoms with E-state index in [1.165, 1.54) is 30.4 Å². The molecular formula is C28H27N5O5S. The first-order valence-electron chi connectivity index (χ1n) is 12.7. The van der Waals surface area contributed by atoms with Crippen LogP contribution < -0.4 is 5.32 Å². The van der Waals surface area contributed by atoms with Crippen LogP contribution in [0.5, 0.6) is 0 Å². The number of ether oxygens (including phenoxy) is 1. The van der Waals surface area contributed by atoms with Gasteiger partial charge in [-0.3, -0.25) is 30.1 Å². The van der Waals surface area contributed by atoms with Gasteiger partial charge in [0.1, 0.15) is 0 Å². The lowest BCUT2D eigenvalue weighted by Gasteiger charge is -2.29. The first kappa shape index (κ1) is 26.4. The zero-order valence-corrected chi connectivity index (χ0v) is 22.4. The molecule has 200 valence electrons. The Balaban J connectivity index is 1.33. The van der Waals surface area contributed by atoms with Crippen LogP contribution in [0.4, 0.5) is 10.8 Å². The number of hydrogen-bond donors (Lipinski definition) is 1. The lowest BCUT2D eigenvalue weighted by atomic mass is 9.95. The maximum atomic E-state index is 13.5. The summed E-state index contributed by atoms with van der Waals surface area (Å²) in [7, 11) is 0. The summed E-state index contributed by atoms with van der Waals surface area (Å²) < 4.78 is 5.68. The van der Waals surface area contributed by atoms with Gasteiger partial charge in [-0.05, 0) is 26.0 Å². The number of non-ortho nitro benzene ring substituents is 1. The summed E-state index contributed by atoms with van der Waals surface area (Å²) in [6, 6.07) is 13.6. The van der Waals surface area contributed by atoms with Crippen molar-refractivity contribution < 1.29 is 19.2 Å². The number of benzene rings is 2. The highest BCUT2D eigenvalue weighted by atomic mass is 32.1. The van der Waals surface area contributed by atoms with Gasteiger partial charge in [-0.15, -0.1) is 11.3 Å². The summed E-state index contributed by atoms with van der Waals surface area (Å²) in [5, 5.41) is 16.5. The average Bonchev–Trinajstić information content (AvgIpc) is 3.40. The van der Waals surface area contributed by atoms with Crippen molar-refractivity contribution in [3.05, 3.63) is 80.8 Å². The van der Waals surface area contributed by atoms with E-state index in [-0.39, 0.29) is 5.69 Å². The van der Waals surface area contributed by atoms with Crippen LogP contribution >= 0.6 is 11.3 Å². The Hall–Kier alpha value is -4.22. The van der Waals surface area contributed by atoms with Crippen LogP contribution in [-0.4, -0.2) is 50.9 Å². The Morgan fingerprint density at radius 3 is 2.82 bits per heavy atom. The van der Waals surface area contributed by atoms with Crippen molar-refractivity contribution in [2.75, 3.05) is 18.4 Å². The molecule has 0 saturated carbocycles. The van der Waals surface area contributed by atoms with E-state index < -0.39 is 22.9 Å². The fourth-order valence-corrected chi connectivity index (χ4v) is 5.43. The smallest absolute Gasteiger partial charge is 0.339 e. The van der Waals surface area contributed by atoms with Gasteiger partial charge < -0.3 is 4.74 Å². The van der Waals surface area contributed by atoms with E-state index in [2.05, 4.69) is 22.1 Å². The molecule has 10 nitrogen and oxygen atoms in total. The van der Waals surface area contributed by atoms with Gasteiger partial charge in [0.25, 0.3) is 11.6 Å². The molecule has 1 aliphatic heterocycles. The fraction of sp³-hybridized carbons (Fsp3) is 0.286. The monoisotopic (exact) mass is 545 g/mol. The predicted molar refractivity (Wildman–Crippen MR) is 149 cm³/mol. The lowest BCUT2D eigenvalue weighted by Crippen LogP contribution is -2.34. The van der Waals surface area contributed by atoms with Crippen molar-refractivity contribution in [1.29, 1.82) is 0 Å². The Morgan fingerprint density at radius 1 is 1.21 bits per heavy atom. The number of pyridine rings is 1. The molecule has 0 saturated heterocycles. The van der Waals surface area contributed by atoms with Crippen LogP contribution in [0, 0.1) is 10.1 Å². The van der Waals surface area contributed by atoms with E-state index in [0.717, 1.165) is 42.7 Å². The highest BCUT2D eigenvalue weighted by Gasteiger charge is 2.28. The number of amides is 1. The Bertz CT molecular complexity index is 1570. The van der Waals surface area contributed by atoms with Crippen LogP contribution in [0.2, 0.25) is 0 Å². The number of nitro groups is 1. The van der Waals surface area contributed by atoms with Gasteiger partial charge in [-0.25, -0.2) is 9.78 Å². The molecule has 2 aromatic carbocycles. The van der Waals surface area contributed by atoms with Crippen molar-refractivity contribution in [2.45, 2.75) is 39.3 Å². The second kappa shape index (κ2) is 11.3. The first-order chi connectivity index (χ1) is 18.8. The number of nitrogens with one attached hydrogen (secondary N) is 1. The van der Waals surface area contributed by atoms with E-state index in [1.807, 2.05) is 24.3 Å². The highest BCUT2D eigenvalue weighted by Crippen LogP contribution is 2.30. The Kier molecular flexibility index (Phi) is 7.62. The molecule has 2 aromatic heterocycles. The second-order valence-electron chi connectivity index (χ2n) is 9.34. The molecule has 1 N–H and O–H groups in total. The fourth-order valence-electron chi connectivity index (χ4n) is 4.71. The Labute approximate surface area is 228 Å². The molecule has 1 unspecified atom stereocenters. The molecule has 0 radical (unpaired) electrons. The molecule has 3 heterocycles. The molecule has 1 atom stereocenters. The minimum Gasteiger partial charge on any atom is -0.449 e. The molecule has 0 fully saturated rings. The molecule has 0 spiro atoms. The van der Waals surface area contributed by atoms with Gasteiger partial charge >= 0.3 is 5.97 Å². The van der Waals surface area contributed by atoms with Gasteiger partial charge in [0.05, 0.1) is 21.7 Å². The van der Waals surface area contributed by atoms with E-state index >= 15 is 0 Å². The molecular weight excluding hydrogens is 518 g/mol. The highest BCUT2D eigenvalue weighted by molar-refractivity contribution is 7.14. The quantitative estimate of drug-likeness (QED) is 0.181. The number of rotatable bonds is 8. The van der Waals surface area contributed by atoms with Crippen LogP contribution in [0.25, 0.3) is 22.2 Å². The zero-order valence-electron chi connectivity index (χ0n) is 21.5. The number of nitro benzene ring substituents is 1. The third-order valence-corrected chi connectivity index (χ3v) is 7.37. The van der Waals surface area contributed by atoms with E-state index in [1.54, 1.807) is 17.5 Å². The molecule has 1 aliphatic rings. The van der Waals surface area contributed by atoms with Crippen molar-refractivity contribution in [3.8, 4) is 11.3 Å². The summed E-state index contributed by atoms with van der Waals surface area (Å²) in [6.07, 6.45) is 0.668. The number of thiazole rings is 1. The molecule has 0 aliphatic carbocycles.